The molecule has 1 aliphatic carbocycles. The summed E-state index contributed by atoms with van der Waals surface area (Å²) < 4.78 is 0. The molecule has 0 bridgehead atoms. The number of carbonyl (C=O) groups is 1. The lowest BCUT2D eigenvalue weighted by atomic mass is 9.81. The minimum absolute atomic E-state index is 0.217. The highest BCUT2D eigenvalue weighted by Crippen LogP contribution is 2.35. The quantitative estimate of drug-likeness (QED) is 0.696. The Hall–Kier alpha value is -1.51. The van der Waals surface area contributed by atoms with Crippen LogP contribution in [0.2, 0.25) is 0 Å². The molecule has 3 aliphatic rings. The van der Waals surface area contributed by atoms with Crippen molar-refractivity contribution in [2.24, 2.45) is 15.9 Å². The first-order valence-electron chi connectivity index (χ1n) is 6.72. The van der Waals surface area contributed by atoms with E-state index in [0.717, 1.165) is 42.7 Å². The number of aliphatic imine (C=N–C) groups is 2. The zero-order valence-electron chi connectivity index (χ0n) is 10.9. The normalized spacial score (nSPS) is 29.7. The Morgan fingerprint density at radius 1 is 1.33 bits per heavy atom. The van der Waals surface area contributed by atoms with E-state index in [0.29, 0.717) is 0 Å². The van der Waals surface area contributed by atoms with Crippen molar-refractivity contribution in [1.29, 1.82) is 0 Å². The van der Waals surface area contributed by atoms with Gasteiger partial charge < -0.3 is 0 Å². The van der Waals surface area contributed by atoms with Crippen molar-refractivity contribution in [3.05, 3.63) is 22.8 Å². The number of hydrogen-bond donors (Lipinski definition) is 0. The van der Waals surface area contributed by atoms with Gasteiger partial charge in [0, 0.05) is 23.1 Å². The molecule has 0 N–H and O–H groups in total. The van der Waals surface area contributed by atoms with Crippen LogP contribution in [0.25, 0.3) is 0 Å². The molecule has 2 heterocycles. The fourth-order valence-corrected chi connectivity index (χ4v) is 2.98. The minimum atomic E-state index is -0.217. The van der Waals surface area contributed by atoms with E-state index in [4.69, 9.17) is 0 Å². The van der Waals surface area contributed by atoms with Gasteiger partial charge in [-0.2, -0.15) is 0 Å². The summed E-state index contributed by atoms with van der Waals surface area (Å²) in [6.07, 6.45) is 6.80. The zero-order valence-corrected chi connectivity index (χ0v) is 10.9. The third-order valence-corrected chi connectivity index (χ3v) is 3.91. The van der Waals surface area contributed by atoms with Crippen LogP contribution in [0, 0.1) is 5.92 Å². The SMILES string of the molecule is CC(C)C1N=C/C=C2/CN=C3CCCC(=C32)C1=O. The average molecular weight is 242 g/mol. The molecule has 0 radical (unpaired) electrons. The first-order valence-corrected chi connectivity index (χ1v) is 6.72. The Kier molecular flexibility index (Phi) is 2.77. The molecule has 18 heavy (non-hydrogen) atoms. The lowest BCUT2D eigenvalue weighted by molar-refractivity contribution is -0.117. The van der Waals surface area contributed by atoms with E-state index >= 15 is 0 Å². The van der Waals surface area contributed by atoms with Crippen molar-refractivity contribution in [1.82, 2.24) is 0 Å². The smallest absolute Gasteiger partial charge is 0.184 e. The number of ketones is 1. The van der Waals surface area contributed by atoms with E-state index < -0.39 is 0 Å². The van der Waals surface area contributed by atoms with Crippen LogP contribution < -0.4 is 0 Å². The van der Waals surface area contributed by atoms with E-state index in [1.807, 2.05) is 6.08 Å². The standard InChI is InChI=1S/C15H18N2O/c1-9(2)14-15(18)11-4-3-5-12-13(11)10(8-17-12)6-7-16-14/h6-7,9,14H,3-5,8H2,1-2H3/b10-6-,16-7?. The summed E-state index contributed by atoms with van der Waals surface area (Å²) in [4.78, 5) is 21.6. The summed E-state index contributed by atoms with van der Waals surface area (Å²) in [5.41, 5.74) is 4.47. The maximum Gasteiger partial charge on any atom is 0.184 e. The van der Waals surface area contributed by atoms with Gasteiger partial charge in [0.15, 0.2) is 5.78 Å². The molecule has 0 fully saturated rings. The molecule has 1 unspecified atom stereocenters. The summed E-state index contributed by atoms with van der Waals surface area (Å²) in [6.45, 7) is 4.84. The molecule has 3 nitrogen and oxygen atoms in total. The number of Topliss-reactive ketones (excluding diaryl/α,β-unsaturated/α-hetero) is 1. The minimum Gasteiger partial charge on any atom is -0.292 e. The summed E-state index contributed by atoms with van der Waals surface area (Å²) in [7, 11) is 0. The zero-order chi connectivity index (χ0) is 12.7. The highest BCUT2D eigenvalue weighted by Gasteiger charge is 2.33. The van der Waals surface area contributed by atoms with Gasteiger partial charge in [-0.25, -0.2) is 0 Å². The monoisotopic (exact) mass is 242 g/mol. The first kappa shape index (κ1) is 11.6. The van der Waals surface area contributed by atoms with Crippen LogP contribution in [0.4, 0.5) is 0 Å². The lowest BCUT2D eigenvalue weighted by Gasteiger charge is -2.24. The van der Waals surface area contributed by atoms with Gasteiger partial charge in [0.25, 0.3) is 0 Å². The van der Waals surface area contributed by atoms with Crippen LogP contribution in [0.1, 0.15) is 33.1 Å². The summed E-state index contributed by atoms with van der Waals surface area (Å²) >= 11 is 0. The Morgan fingerprint density at radius 2 is 2.17 bits per heavy atom. The molecule has 1 atom stereocenters. The molecule has 0 spiro atoms. The van der Waals surface area contributed by atoms with Gasteiger partial charge in [0.1, 0.15) is 6.04 Å². The number of carbonyl (C=O) groups excluding carboxylic acids is 1. The van der Waals surface area contributed by atoms with Crippen LogP contribution in [-0.2, 0) is 4.79 Å². The van der Waals surface area contributed by atoms with Crippen LogP contribution in [0.3, 0.4) is 0 Å². The second-order valence-corrected chi connectivity index (χ2v) is 5.51. The molecule has 0 aromatic carbocycles. The number of allylic oxidation sites excluding steroid dienone is 1. The predicted octanol–water partition coefficient (Wildman–Crippen LogP) is 2.53. The highest BCUT2D eigenvalue weighted by atomic mass is 16.1. The van der Waals surface area contributed by atoms with Crippen LogP contribution in [0.15, 0.2) is 32.8 Å². The molecule has 0 aromatic heterocycles. The summed E-state index contributed by atoms with van der Waals surface area (Å²) in [5, 5.41) is 0. The Balaban J connectivity index is 2.13. The molecular weight excluding hydrogens is 224 g/mol. The van der Waals surface area contributed by atoms with Gasteiger partial charge in [-0.3, -0.25) is 14.8 Å². The average Bonchev–Trinajstić information content (AvgIpc) is 2.75. The third kappa shape index (κ3) is 1.69. The molecule has 2 aliphatic heterocycles. The fourth-order valence-electron chi connectivity index (χ4n) is 2.98. The van der Waals surface area contributed by atoms with Gasteiger partial charge in [0.2, 0.25) is 0 Å². The van der Waals surface area contributed by atoms with E-state index in [1.54, 1.807) is 6.21 Å². The Morgan fingerprint density at radius 3 is 2.94 bits per heavy atom. The maximum atomic E-state index is 12.6. The lowest BCUT2D eigenvalue weighted by Crippen LogP contribution is -2.30. The highest BCUT2D eigenvalue weighted by molar-refractivity contribution is 6.16. The van der Waals surface area contributed by atoms with E-state index in [-0.39, 0.29) is 17.7 Å². The van der Waals surface area contributed by atoms with Crippen molar-refractivity contribution >= 4 is 17.7 Å². The van der Waals surface area contributed by atoms with Crippen LogP contribution in [-0.4, -0.2) is 30.3 Å². The molecule has 0 saturated heterocycles. The first-order chi connectivity index (χ1) is 8.68. The Labute approximate surface area is 107 Å². The predicted molar refractivity (Wildman–Crippen MR) is 73.4 cm³/mol. The third-order valence-electron chi connectivity index (χ3n) is 3.91. The van der Waals surface area contributed by atoms with Crippen LogP contribution in [0.5, 0.6) is 0 Å². The molecule has 0 saturated carbocycles. The van der Waals surface area contributed by atoms with Gasteiger partial charge in [-0.15, -0.1) is 0 Å². The van der Waals surface area contributed by atoms with E-state index in [1.165, 1.54) is 5.57 Å². The van der Waals surface area contributed by atoms with Gasteiger partial charge in [-0.05, 0) is 36.8 Å². The van der Waals surface area contributed by atoms with Crippen molar-refractivity contribution in [2.75, 3.05) is 6.54 Å². The molecule has 94 valence electrons. The Bertz CT molecular complexity index is 521. The van der Waals surface area contributed by atoms with Crippen molar-refractivity contribution in [2.45, 2.75) is 39.2 Å². The number of hydrogen-bond acceptors (Lipinski definition) is 3. The number of rotatable bonds is 1. The molecule has 3 heteroatoms. The molecular formula is C15H18N2O. The van der Waals surface area contributed by atoms with Gasteiger partial charge >= 0.3 is 0 Å². The summed E-state index contributed by atoms with van der Waals surface area (Å²) in [6, 6.07) is -0.217. The molecule has 0 amide bonds. The maximum absolute atomic E-state index is 12.6. The summed E-state index contributed by atoms with van der Waals surface area (Å²) in [5.74, 6) is 0.469. The van der Waals surface area contributed by atoms with Gasteiger partial charge in [0.05, 0.1) is 6.54 Å². The molecule has 3 rings (SSSR count). The van der Waals surface area contributed by atoms with Crippen molar-refractivity contribution < 1.29 is 4.79 Å². The van der Waals surface area contributed by atoms with Crippen molar-refractivity contribution in [3.8, 4) is 0 Å². The molecule has 0 aromatic rings. The topological polar surface area (TPSA) is 41.8 Å². The number of nitrogens with zero attached hydrogens (tertiary/aromatic N) is 2. The largest absolute Gasteiger partial charge is 0.292 e. The fraction of sp³-hybridized carbons (Fsp3) is 0.533. The van der Waals surface area contributed by atoms with E-state index in [9.17, 15) is 4.79 Å². The van der Waals surface area contributed by atoms with Gasteiger partial charge in [-0.1, -0.05) is 13.8 Å². The second kappa shape index (κ2) is 4.30. The van der Waals surface area contributed by atoms with Crippen molar-refractivity contribution in [3.63, 3.8) is 0 Å². The van der Waals surface area contributed by atoms with Crippen LogP contribution >= 0.6 is 0 Å². The second-order valence-electron chi connectivity index (χ2n) is 5.51. The van der Waals surface area contributed by atoms with E-state index in [2.05, 4.69) is 23.8 Å².